The maximum Gasteiger partial charge on any atom is 0.0599 e. The topological polar surface area (TPSA) is 29.5 Å². The molecule has 2 nitrogen and oxygen atoms in total. The van der Waals surface area contributed by atoms with Crippen molar-refractivity contribution in [2.45, 2.75) is 57.7 Å². The number of aliphatic hydroxyl groups is 1. The van der Waals surface area contributed by atoms with E-state index >= 15 is 0 Å². The van der Waals surface area contributed by atoms with E-state index in [2.05, 4.69) is 6.58 Å². The molecule has 1 heterocycles. The Morgan fingerprint density at radius 1 is 1.57 bits per heavy atom. The van der Waals surface area contributed by atoms with Crippen LogP contribution in [0.1, 0.15) is 45.4 Å². The normalized spacial score (nSPS) is 24.6. The highest BCUT2D eigenvalue weighted by Gasteiger charge is 2.17. The molecule has 0 amide bonds. The summed E-state index contributed by atoms with van der Waals surface area (Å²) in [5.41, 5.74) is 1.15. The fourth-order valence-electron chi connectivity index (χ4n) is 1.83. The van der Waals surface area contributed by atoms with Crippen molar-refractivity contribution < 1.29 is 9.84 Å². The smallest absolute Gasteiger partial charge is 0.0599 e. The second kappa shape index (κ2) is 6.20. The molecule has 0 aromatic carbocycles. The van der Waals surface area contributed by atoms with Crippen LogP contribution in [-0.2, 0) is 4.74 Å². The number of rotatable bonds is 5. The minimum absolute atomic E-state index is 0.213. The molecule has 1 saturated heterocycles. The van der Waals surface area contributed by atoms with Gasteiger partial charge in [-0.1, -0.05) is 5.57 Å². The Morgan fingerprint density at radius 2 is 2.36 bits per heavy atom. The summed E-state index contributed by atoms with van der Waals surface area (Å²) in [5.74, 6) is 0. The third kappa shape index (κ3) is 4.77. The minimum Gasteiger partial charge on any atom is -0.393 e. The summed E-state index contributed by atoms with van der Waals surface area (Å²) in [5, 5.41) is 9.73. The second-order valence-corrected chi connectivity index (χ2v) is 4.37. The molecule has 2 atom stereocenters. The van der Waals surface area contributed by atoms with E-state index in [0.29, 0.717) is 6.10 Å². The van der Waals surface area contributed by atoms with E-state index in [1.165, 1.54) is 12.8 Å². The molecule has 0 saturated carbocycles. The van der Waals surface area contributed by atoms with Gasteiger partial charge < -0.3 is 9.84 Å². The summed E-state index contributed by atoms with van der Waals surface area (Å²) in [4.78, 5) is 0. The molecule has 82 valence electrons. The number of ether oxygens (including phenoxy) is 1. The summed E-state index contributed by atoms with van der Waals surface area (Å²) >= 11 is 0. The van der Waals surface area contributed by atoms with Crippen molar-refractivity contribution in [2.75, 3.05) is 6.61 Å². The Morgan fingerprint density at radius 3 is 2.93 bits per heavy atom. The SMILES string of the molecule is C=C(C)CCC(O)CC1CCCCO1. The first-order chi connectivity index (χ1) is 6.68. The summed E-state index contributed by atoms with van der Waals surface area (Å²) in [7, 11) is 0. The standard InChI is InChI=1S/C12H22O2/c1-10(2)6-7-11(13)9-12-5-3-4-8-14-12/h11-13H,1,3-9H2,2H3. The van der Waals surface area contributed by atoms with E-state index in [0.717, 1.165) is 37.9 Å². The van der Waals surface area contributed by atoms with Gasteiger partial charge >= 0.3 is 0 Å². The van der Waals surface area contributed by atoms with Gasteiger partial charge in [-0.05, 0) is 45.4 Å². The number of aliphatic hydroxyl groups excluding tert-OH is 1. The highest BCUT2D eigenvalue weighted by Crippen LogP contribution is 2.19. The first kappa shape index (κ1) is 11.7. The van der Waals surface area contributed by atoms with Crippen LogP contribution in [0.5, 0.6) is 0 Å². The third-order valence-electron chi connectivity index (χ3n) is 2.71. The van der Waals surface area contributed by atoms with Gasteiger partial charge in [0.1, 0.15) is 0 Å². The first-order valence-corrected chi connectivity index (χ1v) is 5.62. The number of allylic oxidation sites excluding steroid dienone is 1. The van der Waals surface area contributed by atoms with Gasteiger partial charge in [-0.2, -0.15) is 0 Å². The monoisotopic (exact) mass is 198 g/mol. The first-order valence-electron chi connectivity index (χ1n) is 5.62. The molecule has 2 heteroatoms. The maximum absolute atomic E-state index is 9.73. The number of hydrogen-bond donors (Lipinski definition) is 1. The van der Waals surface area contributed by atoms with Crippen LogP contribution < -0.4 is 0 Å². The van der Waals surface area contributed by atoms with Gasteiger partial charge in [0.25, 0.3) is 0 Å². The van der Waals surface area contributed by atoms with E-state index in [-0.39, 0.29) is 6.10 Å². The highest BCUT2D eigenvalue weighted by molar-refractivity contribution is 4.88. The van der Waals surface area contributed by atoms with Gasteiger partial charge in [-0.15, -0.1) is 6.58 Å². The number of hydrogen-bond acceptors (Lipinski definition) is 2. The summed E-state index contributed by atoms with van der Waals surface area (Å²) < 4.78 is 5.57. The fourth-order valence-corrected chi connectivity index (χ4v) is 1.83. The predicted molar refractivity (Wildman–Crippen MR) is 58.3 cm³/mol. The Labute approximate surface area is 87.0 Å². The van der Waals surface area contributed by atoms with Crippen LogP contribution >= 0.6 is 0 Å². The zero-order valence-corrected chi connectivity index (χ0v) is 9.17. The van der Waals surface area contributed by atoms with Gasteiger partial charge in [-0.3, -0.25) is 0 Å². The van der Waals surface area contributed by atoms with E-state index in [9.17, 15) is 5.11 Å². The van der Waals surface area contributed by atoms with E-state index in [1.54, 1.807) is 0 Å². The van der Waals surface area contributed by atoms with Gasteiger partial charge in [-0.25, -0.2) is 0 Å². The van der Waals surface area contributed by atoms with E-state index in [4.69, 9.17) is 4.74 Å². The van der Waals surface area contributed by atoms with Crippen molar-refractivity contribution in [3.8, 4) is 0 Å². The van der Waals surface area contributed by atoms with Crippen LogP contribution in [0.15, 0.2) is 12.2 Å². The van der Waals surface area contributed by atoms with E-state index < -0.39 is 0 Å². The highest BCUT2D eigenvalue weighted by atomic mass is 16.5. The van der Waals surface area contributed by atoms with Gasteiger partial charge in [0, 0.05) is 6.61 Å². The van der Waals surface area contributed by atoms with Crippen molar-refractivity contribution >= 4 is 0 Å². The van der Waals surface area contributed by atoms with Crippen LogP contribution in [0, 0.1) is 0 Å². The molecule has 0 spiro atoms. The molecule has 1 aliphatic rings. The Bertz CT molecular complexity index is 171. The molecule has 0 aromatic rings. The van der Waals surface area contributed by atoms with Crippen molar-refractivity contribution in [3.63, 3.8) is 0 Å². The fraction of sp³-hybridized carbons (Fsp3) is 0.833. The third-order valence-corrected chi connectivity index (χ3v) is 2.71. The molecule has 0 bridgehead atoms. The minimum atomic E-state index is -0.213. The van der Waals surface area contributed by atoms with Crippen LogP contribution in [0.25, 0.3) is 0 Å². The van der Waals surface area contributed by atoms with Crippen molar-refractivity contribution in [1.29, 1.82) is 0 Å². The van der Waals surface area contributed by atoms with Gasteiger partial charge in [0.2, 0.25) is 0 Å². The average Bonchev–Trinajstić information content (AvgIpc) is 2.16. The lowest BCUT2D eigenvalue weighted by Crippen LogP contribution is -2.24. The van der Waals surface area contributed by atoms with Crippen molar-refractivity contribution in [3.05, 3.63) is 12.2 Å². The molecule has 0 aliphatic carbocycles. The van der Waals surface area contributed by atoms with Crippen LogP contribution in [-0.4, -0.2) is 23.9 Å². The molecule has 1 N–H and O–H groups in total. The van der Waals surface area contributed by atoms with Crippen molar-refractivity contribution in [2.24, 2.45) is 0 Å². The van der Waals surface area contributed by atoms with Crippen molar-refractivity contribution in [1.82, 2.24) is 0 Å². The van der Waals surface area contributed by atoms with Crippen LogP contribution in [0.3, 0.4) is 0 Å². The molecule has 1 rings (SSSR count). The molecule has 0 radical (unpaired) electrons. The Kier molecular flexibility index (Phi) is 5.20. The van der Waals surface area contributed by atoms with Gasteiger partial charge in [0.15, 0.2) is 0 Å². The molecular formula is C12H22O2. The van der Waals surface area contributed by atoms with Gasteiger partial charge in [0.05, 0.1) is 12.2 Å². The largest absolute Gasteiger partial charge is 0.393 e. The summed E-state index contributed by atoms with van der Waals surface area (Å²) in [6.45, 7) is 6.71. The molecule has 1 aliphatic heterocycles. The summed E-state index contributed by atoms with van der Waals surface area (Å²) in [6, 6.07) is 0. The van der Waals surface area contributed by atoms with E-state index in [1.807, 2.05) is 6.92 Å². The Hall–Kier alpha value is -0.340. The quantitative estimate of drug-likeness (QED) is 0.688. The lowest BCUT2D eigenvalue weighted by Gasteiger charge is -2.24. The molecule has 1 fully saturated rings. The average molecular weight is 198 g/mol. The lowest BCUT2D eigenvalue weighted by atomic mass is 10.00. The second-order valence-electron chi connectivity index (χ2n) is 4.37. The molecule has 0 aromatic heterocycles. The Balaban J connectivity index is 2.11. The van der Waals surface area contributed by atoms with Crippen LogP contribution in [0.4, 0.5) is 0 Å². The predicted octanol–water partition coefficient (Wildman–Crippen LogP) is 2.66. The zero-order chi connectivity index (χ0) is 10.4. The molecule has 14 heavy (non-hydrogen) atoms. The van der Waals surface area contributed by atoms with Crippen LogP contribution in [0.2, 0.25) is 0 Å². The summed E-state index contributed by atoms with van der Waals surface area (Å²) in [6.07, 6.45) is 6.18. The molecular weight excluding hydrogens is 176 g/mol. The molecule has 2 unspecified atom stereocenters. The maximum atomic E-state index is 9.73. The lowest BCUT2D eigenvalue weighted by molar-refractivity contribution is -0.0162. The zero-order valence-electron chi connectivity index (χ0n) is 9.17.